The molecule has 0 saturated carbocycles. The first kappa shape index (κ1) is 12.9. The zero-order valence-corrected chi connectivity index (χ0v) is 10.8. The average Bonchev–Trinajstić information content (AvgIpc) is 2.74. The second-order valence-corrected chi connectivity index (χ2v) is 4.53. The Labute approximate surface area is 110 Å². The highest BCUT2D eigenvalue weighted by Crippen LogP contribution is 2.26. The van der Waals surface area contributed by atoms with E-state index in [0.717, 1.165) is 11.8 Å². The summed E-state index contributed by atoms with van der Waals surface area (Å²) in [5.74, 6) is 0.231. The predicted molar refractivity (Wildman–Crippen MR) is 72.6 cm³/mol. The Morgan fingerprint density at radius 2 is 2.39 bits per heavy atom. The number of hydrogen-bond acceptors (Lipinski definition) is 3. The number of nitrogens with one attached hydrogen (secondary N) is 2. The smallest absolute Gasteiger partial charge is 0.242 e. The summed E-state index contributed by atoms with van der Waals surface area (Å²) in [7, 11) is 0. The fourth-order valence-electron chi connectivity index (χ4n) is 1.75. The number of carbonyl (C=O) groups is 1. The Kier molecular flexibility index (Phi) is 3.84. The van der Waals surface area contributed by atoms with E-state index in [4.69, 9.17) is 17.3 Å². The normalized spacial score (nSPS) is 12.6. The Balaban J connectivity index is 2.22. The van der Waals surface area contributed by atoms with Crippen LogP contribution in [0.4, 0.5) is 5.82 Å². The van der Waals surface area contributed by atoms with E-state index in [1.54, 1.807) is 6.07 Å². The van der Waals surface area contributed by atoms with E-state index in [-0.39, 0.29) is 5.91 Å². The number of anilines is 1. The number of nitrogens with two attached hydrogens (primary N) is 1. The monoisotopic (exact) mass is 266 g/mol. The largest absolute Gasteiger partial charge is 0.320 e. The molecule has 1 heterocycles. The number of hydrogen-bond donors (Lipinski definition) is 3. The number of aromatic nitrogens is 2. The predicted octanol–water partition coefficient (Wildman–Crippen LogP) is 2.28. The molecule has 5 nitrogen and oxygen atoms in total. The van der Waals surface area contributed by atoms with Crippen LogP contribution in [-0.4, -0.2) is 22.1 Å². The number of rotatable bonds is 4. The SMILES string of the molecule is CCCC(N)C(=O)Nc1n[nH]c2c(Cl)cccc12. The molecule has 0 fully saturated rings. The van der Waals surface area contributed by atoms with Gasteiger partial charge in [-0.05, 0) is 18.6 Å². The van der Waals surface area contributed by atoms with Gasteiger partial charge in [0.05, 0.1) is 16.6 Å². The molecule has 0 spiro atoms. The van der Waals surface area contributed by atoms with Gasteiger partial charge >= 0.3 is 0 Å². The highest BCUT2D eigenvalue weighted by molar-refractivity contribution is 6.35. The molecule has 0 saturated heterocycles. The van der Waals surface area contributed by atoms with Gasteiger partial charge in [0.1, 0.15) is 0 Å². The molecule has 2 rings (SSSR count). The fourth-order valence-corrected chi connectivity index (χ4v) is 1.97. The molecule has 0 aliphatic heterocycles. The second-order valence-electron chi connectivity index (χ2n) is 4.12. The number of carbonyl (C=O) groups excluding carboxylic acids is 1. The van der Waals surface area contributed by atoms with E-state index >= 15 is 0 Å². The van der Waals surface area contributed by atoms with Gasteiger partial charge in [0, 0.05) is 5.39 Å². The van der Waals surface area contributed by atoms with E-state index in [1.807, 2.05) is 19.1 Å². The summed E-state index contributed by atoms with van der Waals surface area (Å²) in [4.78, 5) is 11.8. The van der Waals surface area contributed by atoms with Crippen molar-refractivity contribution in [2.24, 2.45) is 5.73 Å². The maximum Gasteiger partial charge on any atom is 0.242 e. The van der Waals surface area contributed by atoms with E-state index in [9.17, 15) is 4.79 Å². The summed E-state index contributed by atoms with van der Waals surface area (Å²) in [5.41, 5.74) is 6.45. The van der Waals surface area contributed by atoms with Crippen LogP contribution >= 0.6 is 11.6 Å². The third kappa shape index (κ3) is 2.47. The minimum absolute atomic E-state index is 0.231. The van der Waals surface area contributed by atoms with Crippen LogP contribution in [0.3, 0.4) is 0 Å². The summed E-state index contributed by atoms with van der Waals surface area (Å²) in [6, 6.07) is 4.89. The quantitative estimate of drug-likeness (QED) is 0.794. The Bertz CT molecular complexity index is 566. The highest BCUT2D eigenvalue weighted by Gasteiger charge is 2.15. The van der Waals surface area contributed by atoms with Gasteiger partial charge in [0.2, 0.25) is 5.91 Å². The molecule has 1 amide bonds. The molecule has 1 aromatic heterocycles. The number of H-pyrrole nitrogens is 1. The van der Waals surface area contributed by atoms with Gasteiger partial charge < -0.3 is 11.1 Å². The second kappa shape index (κ2) is 5.37. The third-order valence-electron chi connectivity index (χ3n) is 2.73. The Hall–Kier alpha value is -1.59. The molecular weight excluding hydrogens is 252 g/mol. The standard InChI is InChI=1S/C12H15ClN4O/c1-2-4-9(14)12(18)15-11-7-5-3-6-8(13)10(7)16-17-11/h3,5-6,9H,2,4,14H2,1H3,(H2,15,16,17,18). The molecule has 4 N–H and O–H groups in total. The molecule has 6 heteroatoms. The number of para-hydroxylation sites is 1. The number of amides is 1. The first-order chi connectivity index (χ1) is 8.63. The molecule has 96 valence electrons. The number of nitrogens with zero attached hydrogens (tertiary/aromatic N) is 1. The van der Waals surface area contributed by atoms with Crippen molar-refractivity contribution in [1.29, 1.82) is 0 Å². The van der Waals surface area contributed by atoms with Crippen LogP contribution in [0, 0.1) is 0 Å². The van der Waals surface area contributed by atoms with Gasteiger partial charge in [-0.25, -0.2) is 0 Å². The summed E-state index contributed by atoms with van der Waals surface area (Å²) in [5, 5.41) is 10.9. The van der Waals surface area contributed by atoms with Crippen LogP contribution in [0.1, 0.15) is 19.8 Å². The van der Waals surface area contributed by atoms with Crippen molar-refractivity contribution in [3.05, 3.63) is 23.2 Å². The van der Waals surface area contributed by atoms with Crippen molar-refractivity contribution >= 4 is 34.2 Å². The van der Waals surface area contributed by atoms with Gasteiger partial charge in [-0.1, -0.05) is 31.0 Å². The van der Waals surface area contributed by atoms with Gasteiger partial charge in [0.25, 0.3) is 0 Å². The van der Waals surface area contributed by atoms with E-state index in [2.05, 4.69) is 15.5 Å². The molecule has 1 atom stereocenters. The van der Waals surface area contributed by atoms with E-state index in [0.29, 0.717) is 22.8 Å². The van der Waals surface area contributed by atoms with Crippen molar-refractivity contribution in [1.82, 2.24) is 10.2 Å². The average molecular weight is 267 g/mol. The molecule has 1 aromatic carbocycles. The van der Waals surface area contributed by atoms with Gasteiger partial charge in [-0.15, -0.1) is 0 Å². The Morgan fingerprint density at radius 1 is 1.61 bits per heavy atom. The zero-order chi connectivity index (χ0) is 13.1. The Morgan fingerprint density at radius 3 is 3.11 bits per heavy atom. The van der Waals surface area contributed by atoms with E-state index < -0.39 is 6.04 Å². The van der Waals surface area contributed by atoms with Crippen molar-refractivity contribution in [3.63, 3.8) is 0 Å². The summed E-state index contributed by atoms with van der Waals surface area (Å²) >= 11 is 6.01. The van der Waals surface area contributed by atoms with Gasteiger partial charge in [-0.3, -0.25) is 9.89 Å². The summed E-state index contributed by atoms with van der Waals surface area (Å²) in [6.45, 7) is 1.98. The first-order valence-electron chi connectivity index (χ1n) is 5.82. The number of halogens is 1. The third-order valence-corrected chi connectivity index (χ3v) is 3.04. The molecule has 0 radical (unpaired) electrons. The molecule has 0 aliphatic rings. The zero-order valence-electron chi connectivity index (χ0n) is 10.0. The number of fused-ring (bicyclic) bond motifs is 1. The lowest BCUT2D eigenvalue weighted by Crippen LogP contribution is -2.35. The van der Waals surface area contributed by atoms with Crippen molar-refractivity contribution in [3.8, 4) is 0 Å². The van der Waals surface area contributed by atoms with Crippen LogP contribution in [0.25, 0.3) is 10.9 Å². The highest BCUT2D eigenvalue weighted by atomic mass is 35.5. The molecular formula is C12H15ClN4O. The fraction of sp³-hybridized carbons (Fsp3) is 0.333. The minimum Gasteiger partial charge on any atom is -0.320 e. The maximum absolute atomic E-state index is 11.8. The maximum atomic E-state index is 11.8. The lowest BCUT2D eigenvalue weighted by molar-refractivity contribution is -0.117. The topological polar surface area (TPSA) is 83.8 Å². The molecule has 18 heavy (non-hydrogen) atoms. The van der Waals surface area contributed by atoms with Crippen molar-refractivity contribution in [2.75, 3.05) is 5.32 Å². The lowest BCUT2D eigenvalue weighted by Gasteiger charge is -2.09. The van der Waals surface area contributed by atoms with Gasteiger partial charge in [-0.2, -0.15) is 5.10 Å². The number of aromatic amines is 1. The number of benzene rings is 1. The van der Waals surface area contributed by atoms with Crippen molar-refractivity contribution in [2.45, 2.75) is 25.8 Å². The van der Waals surface area contributed by atoms with Crippen LogP contribution in [-0.2, 0) is 4.79 Å². The van der Waals surface area contributed by atoms with Crippen LogP contribution < -0.4 is 11.1 Å². The first-order valence-corrected chi connectivity index (χ1v) is 6.20. The molecule has 1 unspecified atom stereocenters. The van der Waals surface area contributed by atoms with E-state index in [1.165, 1.54) is 0 Å². The van der Waals surface area contributed by atoms with Crippen LogP contribution in [0.15, 0.2) is 18.2 Å². The van der Waals surface area contributed by atoms with Crippen LogP contribution in [0.2, 0.25) is 5.02 Å². The van der Waals surface area contributed by atoms with Gasteiger partial charge in [0.15, 0.2) is 5.82 Å². The summed E-state index contributed by atoms with van der Waals surface area (Å²) in [6.07, 6.45) is 1.51. The molecule has 2 aromatic rings. The van der Waals surface area contributed by atoms with Crippen LogP contribution in [0.5, 0.6) is 0 Å². The van der Waals surface area contributed by atoms with Crippen molar-refractivity contribution < 1.29 is 4.79 Å². The molecule has 0 bridgehead atoms. The summed E-state index contributed by atoms with van der Waals surface area (Å²) < 4.78 is 0. The lowest BCUT2D eigenvalue weighted by atomic mass is 10.1. The minimum atomic E-state index is -0.513. The molecule has 0 aliphatic carbocycles.